The fourth-order valence-corrected chi connectivity index (χ4v) is 3.13. The van der Waals surface area contributed by atoms with Gasteiger partial charge in [0, 0.05) is 31.7 Å². The molecule has 9 heteroatoms. The van der Waals surface area contributed by atoms with Crippen LogP contribution in [0.5, 0.6) is 0 Å². The van der Waals surface area contributed by atoms with Crippen LogP contribution in [0.3, 0.4) is 0 Å². The van der Waals surface area contributed by atoms with E-state index in [9.17, 15) is 0 Å². The van der Waals surface area contributed by atoms with Gasteiger partial charge in [-0.2, -0.15) is 5.10 Å². The van der Waals surface area contributed by atoms with Crippen LogP contribution in [0.15, 0.2) is 84.4 Å². The second-order valence-electron chi connectivity index (χ2n) is 6.67. The first-order valence-corrected chi connectivity index (χ1v) is 9.81. The van der Waals surface area contributed by atoms with Gasteiger partial charge >= 0.3 is 0 Å². The van der Waals surface area contributed by atoms with Gasteiger partial charge in [0.25, 0.3) is 0 Å². The molecule has 0 unspecified atom stereocenters. The average Bonchev–Trinajstić information content (AvgIpc) is 3.49. The fraction of sp³-hybridized carbons (Fsp3) is 0.182. The molecule has 0 fully saturated rings. The van der Waals surface area contributed by atoms with Crippen molar-refractivity contribution >= 4 is 29.9 Å². The van der Waals surface area contributed by atoms with E-state index in [0.29, 0.717) is 6.54 Å². The van der Waals surface area contributed by atoms with Gasteiger partial charge in [-0.1, -0.05) is 30.3 Å². The smallest absolute Gasteiger partial charge is 0.191 e. The summed E-state index contributed by atoms with van der Waals surface area (Å²) in [4.78, 5) is 4.29. The quantitative estimate of drug-likeness (QED) is 0.219. The Kier molecular flexibility index (Phi) is 8.16. The topological polar surface area (TPSA) is 84.9 Å². The van der Waals surface area contributed by atoms with Crippen LogP contribution in [-0.4, -0.2) is 44.1 Å². The Morgan fingerprint density at radius 3 is 2.48 bits per heavy atom. The van der Waals surface area contributed by atoms with Gasteiger partial charge in [-0.3, -0.25) is 9.56 Å². The van der Waals surface area contributed by atoms with Crippen LogP contribution in [0, 0.1) is 0 Å². The molecule has 0 bridgehead atoms. The van der Waals surface area contributed by atoms with Gasteiger partial charge in [-0.05, 0) is 42.3 Å². The second kappa shape index (κ2) is 11.3. The summed E-state index contributed by atoms with van der Waals surface area (Å²) in [5, 5.41) is 19.1. The highest BCUT2D eigenvalue weighted by molar-refractivity contribution is 14.0. The molecule has 2 aromatic carbocycles. The van der Waals surface area contributed by atoms with Crippen LogP contribution >= 0.6 is 24.0 Å². The highest BCUT2D eigenvalue weighted by Crippen LogP contribution is 2.09. The minimum absolute atomic E-state index is 0. The molecule has 4 aromatic rings. The van der Waals surface area contributed by atoms with Crippen molar-refractivity contribution in [1.82, 2.24) is 35.2 Å². The summed E-state index contributed by atoms with van der Waals surface area (Å²) in [5.74, 6) is 1.55. The summed E-state index contributed by atoms with van der Waals surface area (Å²) < 4.78 is 3.81. The van der Waals surface area contributed by atoms with Crippen molar-refractivity contribution in [3.05, 3.63) is 90.8 Å². The summed E-state index contributed by atoms with van der Waals surface area (Å²) >= 11 is 0. The van der Waals surface area contributed by atoms with Crippen LogP contribution in [0.1, 0.15) is 11.4 Å². The van der Waals surface area contributed by atoms with Crippen molar-refractivity contribution in [2.75, 3.05) is 13.6 Å². The second-order valence-corrected chi connectivity index (χ2v) is 6.67. The van der Waals surface area contributed by atoms with Crippen LogP contribution < -0.4 is 10.6 Å². The van der Waals surface area contributed by atoms with E-state index in [1.165, 1.54) is 5.56 Å². The third-order valence-electron chi connectivity index (χ3n) is 4.70. The Balaban J connectivity index is 0.00000272. The largest absolute Gasteiger partial charge is 0.356 e. The normalized spacial score (nSPS) is 11.1. The van der Waals surface area contributed by atoms with Gasteiger partial charge in [-0.15, -0.1) is 34.2 Å². The van der Waals surface area contributed by atoms with Crippen LogP contribution in [0.2, 0.25) is 0 Å². The number of para-hydroxylation sites is 1. The molecule has 31 heavy (non-hydrogen) atoms. The molecule has 8 nitrogen and oxygen atoms in total. The number of benzene rings is 2. The predicted molar refractivity (Wildman–Crippen MR) is 132 cm³/mol. The maximum atomic E-state index is 4.29. The Morgan fingerprint density at radius 2 is 1.77 bits per heavy atom. The first-order valence-electron chi connectivity index (χ1n) is 9.81. The minimum atomic E-state index is 0. The van der Waals surface area contributed by atoms with Gasteiger partial charge in [-0.25, -0.2) is 4.68 Å². The first kappa shape index (κ1) is 22.5. The lowest BCUT2D eigenvalue weighted by molar-refractivity contribution is 0.749. The monoisotopic (exact) mass is 528 g/mol. The Labute approximate surface area is 198 Å². The zero-order chi connectivity index (χ0) is 20.6. The highest BCUT2D eigenvalue weighted by atomic mass is 127. The van der Waals surface area contributed by atoms with E-state index in [2.05, 4.69) is 55.2 Å². The van der Waals surface area contributed by atoms with Crippen LogP contribution in [-0.2, 0) is 13.0 Å². The minimum Gasteiger partial charge on any atom is -0.356 e. The molecule has 0 saturated carbocycles. The maximum Gasteiger partial charge on any atom is 0.191 e. The third kappa shape index (κ3) is 5.91. The number of nitrogens with one attached hydrogen (secondary N) is 2. The third-order valence-corrected chi connectivity index (χ3v) is 4.70. The van der Waals surface area contributed by atoms with E-state index in [1.54, 1.807) is 19.6 Å². The molecule has 0 radical (unpaired) electrons. The molecule has 0 saturated heterocycles. The molecule has 4 rings (SSSR count). The van der Waals surface area contributed by atoms with Crippen LogP contribution in [0.25, 0.3) is 11.4 Å². The average molecular weight is 528 g/mol. The van der Waals surface area contributed by atoms with Crippen molar-refractivity contribution in [2.45, 2.75) is 13.0 Å². The fourth-order valence-electron chi connectivity index (χ4n) is 3.13. The lowest BCUT2D eigenvalue weighted by Gasteiger charge is -2.12. The van der Waals surface area contributed by atoms with Crippen molar-refractivity contribution in [3.63, 3.8) is 0 Å². The van der Waals surface area contributed by atoms with Crippen LogP contribution in [0.4, 0.5) is 0 Å². The maximum absolute atomic E-state index is 4.29. The van der Waals surface area contributed by atoms with E-state index < -0.39 is 0 Å². The SMILES string of the molecule is CN=C(NCCc1ccc(-n2cccn2)cc1)NCc1nncn1-c1ccccc1.I. The highest BCUT2D eigenvalue weighted by Gasteiger charge is 2.07. The molecule has 0 aliphatic carbocycles. The Morgan fingerprint density at radius 1 is 0.968 bits per heavy atom. The van der Waals surface area contributed by atoms with Gasteiger partial charge < -0.3 is 10.6 Å². The molecule has 0 amide bonds. The number of aromatic nitrogens is 5. The lowest BCUT2D eigenvalue weighted by atomic mass is 10.1. The van der Waals surface area contributed by atoms with E-state index >= 15 is 0 Å². The first-order chi connectivity index (χ1) is 14.8. The predicted octanol–water partition coefficient (Wildman–Crippen LogP) is 2.98. The number of hydrogen-bond donors (Lipinski definition) is 2. The standard InChI is InChI=1S/C22H24N8.HI/c1-23-22(25-16-21-28-26-17-29(21)19-6-3-2-4-7-19)24-14-12-18-8-10-20(11-9-18)30-15-5-13-27-30;/h2-11,13,15,17H,12,14,16H2,1H3,(H2,23,24,25);1H. The van der Waals surface area contributed by atoms with Crippen molar-refractivity contribution < 1.29 is 0 Å². The molecule has 0 aliphatic heterocycles. The summed E-state index contributed by atoms with van der Waals surface area (Å²) in [7, 11) is 1.76. The number of aliphatic imine (C=N–C) groups is 1. The summed E-state index contributed by atoms with van der Waals surface area (Å²) in [6, 6.07) is 20.3. The number of guanidine groups is 1. The molecular weight excluding hydrogens is 503 g/mol. The molecule has 160 valence electrons. The molecule has 2 heterocycles. The molecular formula is C22H25IN8. The van der Waals surface area contributed by atoms with Crippen molar-refractivity contribution in [2.24, 2.45) is 4.99 Å². The molecule has 2 aromatic heterocycles. The lowest BCUT2D eigenvalue weighted by Crippen LogP contribution is -2.38. The van der Waals surface area contributed by atoms with Crippen molar-refractivity contribution in [1.29, 1.82) is 0 Å². The zero-order valence-electron chi connectivity index (χ0n) is 17.2. The van der Waals surface area contributed by atoms with E-state index in [-0.39, 0.29) is 24.0 Å². The van der Waals surface area contributed by atoms with Gasteiger partial charge in [0.2, 0.25) is 0 Å². The van der Waals surface area contributed by atoms with Crippen molar-refractivity contribution in [3.8, 4) is 11.4 Å². The summed E-state index contributed by atoms with van der Waals surface area (Å²) in [6.07, 6.45) is 6.32. The molecule has 0 spiro atoms. The summed E-state index contributed by atoms with van der Waals surface area (Å²) in [5.41, 5.74) is 3.33. The van der Waals surface area contributed by atoms with E-state index in [0.717, 1.165) is 36.1 Å². The Hall–Kier alpha value is -3.21. The summed E-state index contributed by atoms with van der Waals surface area (Å²) in [6.45, 7) is 1.29. The number of hydrogen-bond acceptors (Lipinski definition) is 4. The zero-order valence-corrected chi connectivity index (χ0v) is 19.5. The number of nitrogens with zero attached hydrogens (tertiary/aromatic N) is 6. The van der Waals surface area contributed by atoms with Gasteiger partial charge in [0.05, 0.1) is 12.2 Å². The molecule has 2 N–H and O–H groups in total. The van der Waals surface area contributed by atoms with E-state index in [1.807, 2.05) is 51.8 Å². The number of rotatable bonds is 7. The number of halogens is 1. The van der Waals surface area contributed by atoms with Gasteiger partial charge in [0.15, 0.2) is 11.8 Å². The molecule has 0 atom stereocenters. The van der Waals surface area contributed by atoms with Gasteiger partial charge in [0.1, 0.15) is 6.33 Å². The van der Waals surface area contributed by atoms with E-state index in [4.69, 9.17) is 0 Å². The molecule has 0 aliphatic rings. The Bertz CT molecular complexity index is 1070.